The summed E-state index contributed by atoms with van der Waals surface area (Å²) in [6.07, 6.45) is 1.58. The average molecular weight is 278 g/mol. The molecule has 106 valence electrons. The van der Waals surface area contributed by atoms with Gasteiger partial charge in [0.1, 0.15) is 18.0 Å². The van der Waals surface area contributed by atoms with Crippen LogP contribution in [0.3, 0.4) is 0 Å². The second kappa shape index (κ2) is 5.79. The molecule has 0 aliphatic rings. The first-order chi connectivity index (χ1) is 9.49. The lowest BCUT2D eigenvalue weighted by atomic mass is 10.1. The van der Waals surface area contributed by atoms with Crippen molar-refractivity contribution in [3.05, 3.63) is 47.3 Å². The fourth-order valence-corrected chi connectivity index (χ4v) is 1.88. The molecule has 0 bridgehead atoms. The number of aromatic carboxylic acids is 1. The first kappa shape index (κ1) is 14.1. The molecule has 0 spiro atoms. The van der Waals surface area contributed by atoms with Crippen LogP contribution in [0.5, 0.6) is 0 Å². The van der Waals surface area contributed by atoms with Gasteiger partial charge in [0.05, 0.1) is 11.6 Å². The standard InChI is InChI=1S/C13H15FN4O2/c1-8(12-17-16-7-18(12)2)15-6-10-5-9(13(19)20)3-4-11(10)14/h3-5,7-8,15H,6H2,1-2H3,(H,19,20). The summed E-state index contributed by atoms with van der Waals surface area (Å²) < 4.78 is 15.4. The summed E-state index contributed by atoms with van der Waals surface area (Å²) in [5, 5.41) is 19.7. The van der Waals surface area contributed by atoms with E-state index in [9.17, 15) is 9.18 Å². The third-order valence-corrected chi connectivity index (χ3v) is 3.03. The van der Waals surface area contributed by atoms with Crippen LogP contribution >= 0.6 is 0 Å². The maximum Gasteiger partial charge on any atom is 0.335 e. The van der Waals surface area contributed by atoms with Crippen molar-refractivity contribution < 1.29 is 14.3 Å². The van der Waals surface area contributed by atoms with Gasteiger partial charge in [0.15, 0.2) is 0 Å². The lowest BCUT2D eigenvalue weighted by Crippen LogP contribution is -2.21. The number of carbonyl (C=O) groups is 1. The lowest BCUT2D eigenvalue weighted by Gasteiger charge is -2.13. The minimum Gasteiger partial charge on any atom is -0.478 e. The Morgan fingerprint density at radius 1 is 1.55 bits per heavy atom. The van der Waals surface area contributed by atoms with Crippen LogP contribution in [-0.4, -0.2) is 25.8 Å². The molecule has 0 amide bonds. The number of nitrogens with zero attached hydrogens (tertiary/aromatic N) is 3. The molecule has 1 unspecified atom stereocenters. The Hall–Kier alpha value is -2.28. The summed E-state index contributed by atoms with van der Waals surface area (Å²) in [6.45, 7) is 2.09. The van der Waals surface area contributed by atoms with Gasteiger partial charge in [-0.05, 0) is 25.1 Å². The first-order valence-corrected chi connectivity index (χ1v) is 6.08. The fraction of sp³-hybridized carbons (Fsp3) is 0.308. The number of nitrogens with one attached hydrogen (secondary N) is 1. The number of hydrogen-bond acceptors (Lipinski definition) is 4. The zero-order chi connectivity index (χ0) is 14.7. The Morgan fingerprint density at radius 2 is 2.30 bits per heavy atom. The van der Waals surface area contributed by atoms with E-state index in [0.29, 0.717) is 5.56 Å². The highest BCUT2D eigenvalue weighted by Gasteiger charge is 2.13. The summed E-state index contributed by atoms with van der Waals surface area (Å²) in [6, 6.07) is 3.60. The van der Waals surface area contributed by atoms with Crippen LogP contribution < -0.4 is 5.32 Å². The van der Waals surface area contributed by atoms with E-state index in [0.717, 1.165) is 11.9 Å². The van der Waals surface area contributed by atoms with Gasteiger partial charge in [-0.25, -0.2) is 9.18 Å². The van der Waals surface area contributed by atoms with Gasteiger partial charge in [-0.2, -0.15) is 0 Å². The summed E-state index contributed by atoms with van der Waals surface area (Å²) in [5.41, 5.74) is 0.369. The van der Waals surface area contributed by atoms with Gasteiger partial charge in [-0.15, -0.1) is 10.2 Å². The van der Waals surface area contributed by atoms with Crippen molar-refractivity contribution in [2.45, 2.75) is 19.5 Å². The van der Waals surface area contributed by atoms with Crippen molar-refractivity contribution in [3.8, 4) is 0 Å². The zero-order valence-corrected chi connectivity index (χ0v) is 11.2. The van der Waals surface area contributed by atoms with Crippen molar-refractivity contribution >= 4 is 5.97 Å². The van der Waals surface area contributed by atoms with Crippen molar-refractivity contribution in [1.29, 1.82) is 0 Å². The second-order valence-electron chi connectivity index (χ2n) is 4.51. The van der Waals surface area contributed by atoms with E-state index >= 15 is 0 Å². The molecule has 1 aromatic heterocycles. The SMILES string of the molecule is CC(NCc1cc(C(=O)O)ccc1F)c1nncn1C. The van der Waals surface area contributed by atoms with Gasteiger partial charge in [0.2, 0.25) is 0 Å². The minimum absolute atomic E-state index is 0.0644. The van der Waals surface area contributed by atoms with E-state index in [4.69, 9.17) is 5.11 Å². The quantitative estimate of drug-likeness (QED) is 0.866. The molecule has 6 nitrogen and oxygen atoms in total. The predicted octanol–water partition coefficient (Wildman–Crippen LogP) is 1.50. The molecule has 0 saturated carbocycles. The highest BCUT2D eigenvalue weighted by molar-refractivity contribution is 5.87. The van der Waals surface area contributed by atoms with Crippen molar-refractivity contribution in [3.63, 3.8) is 0 Å². The average Bonchev–Trinajstić information content (AvgIpc) is 2.83. The fourth-order valence-electron chi connectivity index (χ4n) is 1.88. The molecule has 2 rings (SSSR count). The first-order valence-electron chi connectivity index (χ1n) is 6.08. The van der Waals surface area contributed by atoms with Crippen LogP contribution in [0.2, 0.25) is 0 Å². The predicted molar refractivity (Wildman–Crippen MR) is 69.6 cm³/mol. The number of carboxylic acid groups (broad SMARTS) is 1. The molecule has 0 aliphatic heterocycles. The van der Waals surface area contributed by atoms with E-state index in [2.05, 4.69) is 15.5 Å². The molecule has 1 aromatic carbocycles. The van der Waals surface area contributed by atoms with E-state index in [1.165, 1.54) is 12.1 Å². The number of carboxylic acids is 1. The highest BCUT2D eigenvalue weighted by atomic mass is 19.1. The van der Waals surface area contributed by atoms with Crippen LogP contribution in [0.15, 0.2) is 24.5 Å². The summed E-state index contributed by atoms with van der Waals surface area (Å²) in [7, 11) is 1.82. The Morgan fingerprint density at radius 3 is 2.90 bits per heavy atom. The molecule has 1 heterocycles. The van der Waals surface area contributed by atoms with Crippen LogP contribution in [-0.2, 0) is 13.6 Å². The lowest BCUT2D eigenvalue weighted by molar-refractivity contribution is 0.0696. The van der Waals surface area contributed by atoms with Gasteiger partial charge in [0, 0.05) is 19.2 Å². The van der Waals surface area contributed by atoms with Gasteiger partial charge in [-0.1, -0.05) is 0 Å². The number of hydrogen-bond donors (Lipinski definition) is 2. The largest absolute Gasteiger partial charge is 0.478 e. The maximum atomic E-state index is 13.6. The molecule has 0 radical (unpaired) electrons. The molecular formula is C13H15FN4O2. The smallest absolute Gasteiger partial charge is 0.335 e. The van der Waals surface area contributed by atoms with Crippen molar-refractivity contribution in [1.82, 2.24) is 20.1 Å². The Bertz CT molecular complexity index is 627. The molecule has 0 fully saturated rings. The van der Waals surface area contributed by atoms with Crippen molar-refractivity contribution in [2.24, 2.45) is 7.05 Å². The Balaban J connectivity index is 2.09. The Labute approximate surface area is 115 Å². The number of rotatable bonds is 5. The molecule has 1 atom stereocenters. The van der Waals surface area contributed by atoms with Gasteiger partial charge < -0.3 is 15.0 Å². The van der Waals surface area contributed by atoms with Gasteiger partial charge in [-0.3, -0.25) is 0 Å². The number of aryl methyl sites for hydroxylation is 1. The van der Waals surface area contributed by atoms with Crippen LogP contribution in [0.1, 0.15) is 34.7 Å². The highest BCUT2D eigenvalue weighted by Crippen LogP contribution is 2.13. The number of benzene rings is 1. The van der Waals surface area contributed by atoms with Crippen LogP contribution in [0.25, 0.3) is 0 Å². The normalized spacial score (nSPS) is 12.3. The zero-order valence-electron chi connectivity index (χ0n) is 11.2. The van der Waals surface area contributed by atoms with Gasteiger partial charge in [0.25, 0.3) is 0 Å². The van der Waals surface area contributed by atoms with Crippen LogP contribution in [0, 0.1) is 5.82 Å². The molecular weight excluding hydrogens is 263 g/mol. The third-order valence-electron chi connectivity index (χ3n) is 3.03. The molecule has 20 heavy (non-hydrogen) atoms. The topological polar surface area (TPSA) is 80.0 Å². The monoisotopic (exact) mass is 278 g/mol. The van der Waals surface area contributed by atoms with E-state index < -0.39 is 11.8 Å². The minimum atomic E-state index is -1.08. The molecule has 0 saturated heterocycles. The number of aromatic nitrogens is 3. The third kappa shape index (κ3) is 3.00. The molecule has 2 aromatic rings. The molecule has 7 heteroatoms. The summed E-state index contributed by atoms with van der Waals surface area (Å²) in [4.78, 5) is 10.9. The van der Waals surface area contributed by atoms with E-state index in [1.807, 2.05) is 14.0 Å². The number of halogens is 1. The maximum absolute atomic E-state index is 13.6. The molecule has 2 N–H and O–H groups in total. The van der Waals surface area contributed by atoms with E-state index in [1.54, 1.807) is 10.9 Å². The summed E-state index contributed by atoms with van der Waals surface area (Å²) >= 11 is 0. The van der Waals surface area contributed by atoms with Crippen LogP contribution in [0.4, 0.5) is 4.39 Å². The second-order valence-corrected chi connectivity index (χ2v) is 4.51. The van der Waals surface area contributed by atoms with Crippen molar-refractivity contribution in [2.75, 3.05) is 0 Å². The van der Waals surface area contributed by atoms with Gasteiger partial charge >= 0.3 is 5.97 Å². The van der Waals surface area contributed by atoms with E-state index in [-0.39, 0.29) is 18.2 Å². The molecule has 0 aliphatic carbocycles. The summed E-state index contributed by atoms with van der Waals surface area (Å²) in [5.74, 6) is -0.792. The Kier molecular flexibility index (Phi) is 4.09.